The largest absolute Gasteiger partial charge is 0.310 e. The van der Waals surface area contributed by atoms with E-state index in [0.29, 0.717) is 6.04 Å². The Morgan fingerprint density at radius 2 is 2.18 bits per heavy atom. The van der Waals surface area contributed by atoms with Gasteiger partial charge in [-0.15, -0.1) is 24.1 Å². The highest BCUT2D eigenvalue weighted by Crippen LogP contribution is 2.28. The maximum Gasteiger partial charge on any atom is 0.0340 e. The van der Waals surface area contributed by atoms with E-state index in [9.17, 15) is 0 Å². The van der Waals surface area contributed by atoms with E-state index in [1.165, 1.54) is 10.5 Å². The molecule has 0 aliphatic rings. The molecule has 2 heteroatoms. The van der Waals surface area contributed by atoms with E-state index < -0.39 is 0 Å². The number of hydrogen-bond donors (Lipinski definition) is 1. The van der Waals surface area contributed by atoms with Crippen LogP contribution in [0.3, 0.4) is 0 Å². The molecule has 1 aromatic rings. The second-order valence-corrected chi connectivity index (χ2v) is 4.84. The van der Waals surface area contributed by atoms with Gasteiger partial charge in [0.15, 0.2) is 0 Å². The van der Waals surface area contributed by atoms with Gasteiger partial charge in [0.1, 0.15) is 0 Å². The number of hydrogen-bond acceptors (Lipinski definition) is 2. The predicted molar refractivity (Wildman–Crippen MR) is 77.3 cm³/mol. The monoisotopic (exact) mass is 247 g/mol. The summed E-state index contributed by atoms with van der Waals surface area (Å²) >= 11 is 1.80. The smallest absolute Gasteiger partial charge is 0.0340 e. The molecule has 1 rings (SSSR count). The van der Waals surface area contributed by atoms with Gasteiger partial charge < -0.3 is 5.32 Å². The summed E-state index contributed by atoms with van der Waals surface area (Å²) in [6.45, 7) is 3.23. The van der Waals surface area contributed by atoms with Crippen LogP contribution >= 0.6 is 11.8 Å². The summed E-state index contributed by atoms with van der Waals surface area (Å²) < 4.78 is 0. The molecule has 17 heavy (non-hydrogen) atoms. The van der Waals surface area contributed by atoms with Crippen LogP contribution in [0.5, 0.6) is 0 Å². The van der Waals surface area contributed by atoms with Gasteiger partial charge in [-0.2, -0.15) is 0 Å². The number of rotatable bonds is 7. The maximum absolute atomic E-state index is 5.37. The van der Waals surface area contributed by atoms with Crippen LogP contribution in [0.1, 0.15) is 37.8 Å². The molecule has 0 spiro atoms. The minimum absolute atomic E-state index is 0.384. The predicted octanol–water partition coefficient (Wildman–Crippen LogP) is 3.86. The topological polar surface area (TPSA) is 12.0 Å². The van der Waals surface area contributed by atoms with Crippen molar-refractivity contribution >= 4 is 11.8 Å². The van der Waals surface area contributed by atoms with Crippen LogP contribution in [0.2, 0.25) is 0 Å². The fourth-order valence-corrected chi connectivity index (χ4v) is 2.53. The lowest BCUT2D eigenvalue weighted by Crippen LogP contribution is -2.22. The van der Waals surface area contributed by atoms with E-state index in [2.05, 4.69) is 48.7 Å². The minimum atomic E-state index is 0.384. The average molecular weight is 247 g/mol. The molecule has 0 amide bonds. The Labute approximate surface area is 109 Å². The first-order valence-corrected chi connectivity index (χ1v) is 7.35. The van der Waals surface area contributed by atoms with Gasteiger partial charge in [0.25, 0.3) is 0 Å². The Morgan fingerprint density at radius 3 is 2.82 bits per heavy atom. The highest BCUT2D eigenvalue weighted by atomic mass is 32.2. The van der Waals surface area contributed by atoms with Gasteiger partial charge in [-0.25, -0.2) is 0 Å². The average Bonchev–Trinajstić information content (AvgIpc) is 2.39. The van der Waals surface area contributed by atoms with Crippen molar-refractivity contribution in [1.82, 2.24) is 5.32 Å². The lowest BCUT2D eigenvalue weighted by Gasteiger charge is -2.20. The van der Waals surface area contributed by atoms with Gasteiger partial charge >= 0.3 is 0 Å². The number of thioether (sulfide) groups is 1. The standard InChI is InChI=1S/C15H21NS/c1-4-6-10-14(16-12-5-2)13-9-7-8-11-15(13)17-3/h1,7-9,11,14,16H,5-6,10,12H2,2-3H3. The van der Waals surface area contributed by atoms with Crippen molar-refractivity contribution < 1.29 is 0 Å². The molecule has 0 aliphatic heterocycles. The van der Waals surface area contributed by atoms with Gasteiger partial charge in [0, 0.05) is 17.4 Å². The summed E-state index contributed by atoms with van der Waals surface area (Å²) in [6.07, 6.45) is 10.5. The minimum Gasteiger partial charge on any atom is -0.310 e. The van der Waals surface area contributed by atoms with Gasteiger partial charge in [0.2, 0.25) is 0 Å². The third kappa shape index (κ3) is 4.46. The molecule has 0 aromatic heterocycles. The van der Waals surface area contributed by atoms with E-state index in [1.807, 2.05) is 0 Å². The second-order valence-electron chi connectivity index (χ2n) is 3.99. The van der Waals surface area contributed by atoms with E-state index in [-0.39, 0.29) is 0 Å². The molecule has 0 radical (unpaired) electrons. The first-order valence-electron chi connectivity index (χ1n) is 6.13. The van der Waals surface area contributed by atoms with Crippen LogP contribution in [0.25, 0.3) is 0 Å². The van der Waals surface area contributed by atoms with Crippen LogP contribution in [-0.2, 0) is 0 Å². The molecule has 1 aromatic carbocycles. The van der Waals surface area contributed by atoms with E-state index in [1.54, 1.807) is 11.8 Å². The third-order valence-corrected chi connectivity index (χ3v) is 3.54. The summed E-state index contributed by atoms with van der Waals surface area (Å²) in [7, 11) is 0. The lowest BCUT2D eigenvalue weighted by atomic mass is 10.0. The van der Waals surface area contributed by atoms with Crippen LogP contribution < -0.4 is 5.32 Å². The van der Waals surface area contributed by atoms with Crippen molar-refractivity contribution in [3.8, 4) is 12.3 Å². The van der Waals surface area contributed by atoms with Crippen LogP contribution in [0.4, 0.5) is 0 Å². The fraction of sp³-hybridized carbons (Fsp3) is 0.467. The Hall–Kier alpha value is -0.910. The SMILES string of the molecule is C#CCCC(NCCC)c1ccccc1SC. The fourth-order valence-electron chi connectivity index (χ4n) is 1.87. The van der Waals surface area contributed by atoms with Gasteiger partial charge in [-0.05, 0) is 37.3 Å². The Balaban J connectivity index is 2.83. The van der Waals surface area contributed by atoms with E-state index >= 15 is 0 Å². The summed E-state index contributed by atoms with van der Waals surface area (Å²) in [5.74, 6) is 2.74. The molecule has 0 bridgehead atoms. The Bertz CT molecular complexity index is 367. The second kappa shape index (κ2) is 8.22. The molecule has 0 fully saturated rings. The molecular weight excluding hydrogens is 226 g/mol. The highest BCUT2D eigenvalue weighted by molar-refractivity contribution is 7.98. The number of nitrogens with one attached hydrogen (secondary N) is 1. The van der Waals surface area contributed by atoms with Crippen molar-refractivity contribution in [2.45, 2.75) is 37.1 Å². The molecular formula is C15H21NS. The third-order valence-electron chi connectivity index (χ3n) is 2.73. The van der Waals surface area contributed by atoms with Crippen molar-refractivity contribution in [2.24, 2.45) is 0 Å². The van der Waals surface area contributed by atoms with Gasteiger partial charge in [-0.3, -0.25) is 0 Å². The molecule has 0 saturated carbocycles. The molecule has 1 nitrogen and oxygen atoms in total. The molecule has 0 saturated heterocycles. The normalized spacial score (nSPS) is 12.1. The maximum atomic E-state index is 5.37. The Kier molecular flexibility index (Phi) is 6.84. The molecule has 1 unspecified atom stereocenters. The summed E-state index contributed by atoms with van der Waals surface area (Å²) in [4.78, 5) is 1.35. The highest BCUT2D eigenvalue weighted by Gasteiger charge is 2.13. The zero-order valence-electron chi connectivity index (χ0n) is 10.7. The molecule has 0 aliphatic carbocycles. The number of benzene rings is 1. The zero-order valence-corrected chi connectivity index (χ0v) is 11.5. The molecule has 92 valence electrons. The van der Waals surface area contributed by atoms with E-state index in [0.717, 1.165) is 25.8 Å². The molecule has 0 heterocycles. The van der Waals surface area contributed by atoms with Crippen LogP contribution in [-0.4, -0.2) is 12.8 Å². The zero-order chi connectivity index (χ0) is 12.5. The van der Waals surface area contributed by atoms with Crippen molar-refractivity contribution in [1.29, 1.82) is 0 Å². The molecule has 1 N–H and O–H groups in total. The lowest BCUT2D eigenvalue weighted by molar-refractivity contribution is 0.499. The summed E-state index contributed by atoms with van der Waals surface area (Å²) in [6, 6.07) is 8.96. The van der Waals surface area contributed by atoms with Gasteiger partial charge in [0.05, 0.1) is 0 Å². The van der Waals surface area contributed by atoms with Crippen LogP contribution in [0.15, 0.2) is 29.2 Å². The molecule has 1 atom stereocenters. The quantitative estimate of drug-likeness (QED) is 0.580. The van der Waals surface area contributed by atoms with Crippen molar-refractivity contribution in [3.05, 3.63) is 29.8 Å². The number of terminal acetylenes is 1. The first kappa shape index (κ1) is 14.2. The first-order chi connectivity index (χ1) is 8.33. The van der Waals surface area contributed by atoms with Crippen molar-refractivity contribution in [3.63, 3.8) is 0 Å². The van der Waals surface area contributed by atoms with Crippen molar-refractivity contribution in [2.75, 3.05) is 12.8 Å². The van der Waals surface area contributed by atoms with E-state index in [4.69, 9.17) is 6.42 Å². The summed E-state index contributed by atoms with van der Waals surface area (Å²) in [5, 5.41) is 3.59. The Morgan fingerprint density at radius 1 is 1.41 bits per heavy atom. The van der Waals surface area contributed by atoms with Crippen LogP contribution in [0, 0.1) is 12.3 Å². The van der Waals surface area contributed by atoms with Gasteiger partial charge in [-0.1, -0.05) is 25.1 Å². The summed E-state index contributed by atoms with van der Waals surface area (Å²) in [5.41, 5.74) is 1.38.